The first-order valence-corrected chi connectivity index (χ1v) is 34.4. The molecule has 1 rings (SSSR count). The van der Waals surface area contributed by atoms with E-state index in [4.69, 9.17) is 14.2 Å². The lowest BCUT2D eigenvalue weighted by Crippen LogP contribution is -2.61. The Bertz CT molecular complexity index is 1670. The summed E-state index contributed by atoms with van der Waals surface area (Å²) in [6.07, 6.45) is 67.9. The molecular formula is C72H127NO10. The first kappa shape index (κ1) is 77.9. The zero-order chi connectivity index (χ0) is 60.3. The van der Waals surface area contributed by atoms with Crippen LogP contribution >= 0.6 is 0 Å². The molecule has 0 aromatic carbocycles. The summed E-state index contributed by atoms with van der Waals surface area (Å²) < 4.78 is 17.6. The molecule has 480 valence electrons. The van der Waals surface area contributed by atoms with Crippen LogP contribution in [0.25, 0.3) is 0 Å². The van der Waals surface area contributed by atoms with E-state index in [1.807, 2.05) is 18.2 Å². The van der Waals surface area contributed by atoms with Crippen LogP contribution in [-0.4, -0.2) is 99.6 Å². The Hall–Kier alpha value is -3.16. The normalized spacial score (nSPS) is 19.1. The fraction of sp³-hybridized carbons (Fsp3) is 0.778. The molecule has 6 N–H and O–H groups in total. The molecule has 0 saturated carbocycles. The van der Waals surface area contributed by atoms with Gasteiger partial charge in [-0.2, -0.15) is 0 Å². The summed E-state index contributed by atoms with van der Waals surface area (Å²) in [5.74, 6) is -1.25. The van der Waals surface area contributed by atoms with Crippen molar-refractivity contribution in [1.29, 1.82) is 0 Å². The van der Waals surface area contributed by atoms with Gasteiger partial charge in [-0.25, -0.2) is 0 Å². The van der Waals surface area contributed by atoms with Crippen LogP contribution in [0.1, 0.15) is 297 Å². The Labute approximate surface area is 508 Å². The third-order valence-corrected chi connectivity index (χ3v) is 15.8. The van der Waals surface area contributed by atoms with Crippen LogP contribution < -0.4 is 5.32 Å². The summed E-state index contributed by atoms with van der Waals surface area (Å²) in [5, 5.41) is 57.0. The van der Waals surface area contributed by atoms with Gasteiger partial charge in [-0.05, 0) is 96.3 Å². The maximum absolute atomic E-state index is 13.4. The van der Waals surface area contributed by atoms with Crippen LogP contribution in [0.4, 0.5) is 0 Å². The minimum atomic E-state index is -1.63. The second-order valence-corrected chi connectivity index (χ2v) is 23.6. The Morgan fingerprint density at radius 2 is 0.831 bits per heavy atom. The number of rotatable bonds is 58. The summed E-state index contributed by atoms with van der Waals surface area (Å²) >= 11 is 0. The van der Waals surface area contributed by atoms with Crippen molar-refractivity contribution in [1.82, 2.24) is 5.32 Å². The predicted octanol–water partition coefficient (Wildman–Crippen LogP) is 17.3. The van der Waals surface area contributed by atoms with Crippen LogP contribution in [-0.2, 0) is 23.8 Å². The Morgan fingerprint density at radius 1 is 0.470 bits per heavy atom. The van der Waals surface area contributed by atoms with Gasteiger partial charge in [0.25, 0.3) is 0 Å². The molecule has 0 radical (unpaired) electrons. The summed E-state index contributed by atoms with van der Waals surface area (Å²) in [6, 6.07) is -1.06. The van der Waals surface area contributed by atoms with E-state index in [0.29, 0.717) is 12.8 Å². The van der Waals surface area contributed by atoms with E-state index in [9.17, 15) is 35.1 Å². The topological polar surface area (TPSA) is 175 Å². The molecule has 1 aliphatic heterocycles. The second-order valence-electron chi connectivity index (χ2n) is 23.6. The quantitative estimate of drug-likeness (QED) is 0.0195. The Kier molecular flexibility index (Phi) is 55.5. The molecule has 11 heteroatoms. The Balaban J connectivity index is 2.56. The highest BCUT2D eigenvalue weighted by Gasteiger charge is 2.47. The van der Waals surface area contributed by atoms with Crippen molar-refractivity contribution in [3.8, 4) is 0 Å². The molecule has 1 saturated heterocycles. The standard InChI is InChI=1S/C72H127NO10/c1-4-7-10-13-16-19-22-24-26-28-29-30-31-32-33-34-35-36-37-38-40-42-45-48-51-54-57-60-67(77)83-70-69(79)68(78)66(61-74)82-72(70)81-62-63(64(75)58-55-52-49-46-43-21-18-15-12-9-6-3)73-71(80)65(76)59-56-53-50-47-44-41-39-27-25-23-20-17-14-11-8-5-2/h16-17,19-20,24-27,41,44,50,53,55,58,63-66,68-70,72,74-76,78-79H,4-15,18,21-23,28-40,42-43,45-49,51-52,54,56-57,59-62H2,1-3H3,(H,73,80)/b19-16-,20-17-,26-24-,27-25-,44-41-,53-50-,58-55+. The van der Waals surface area contributed by atoms with E-state index in [-0.39, 0.29) is 19.4 Å². The van der Waals surface area contributed by atoms with E-state index in [1.54, 1.807) is 6.08 Å². The highest BCUT2D eigenvalue weighted by Crippen LogP contribution is 2.26. The summed E-state index contributed by atoms with van der Waals surface area (Å²) in [7, 11) is 0. The average Bonchev–Trinajstić information content (AvgIpc) is 3.52. The molecule has 0 aromatic heterocycles. The van der Waals surface area contributed by atoms with Crippen molar-refractivity contribution in [3.05, 3.63) is 85.1 Å². The monoisotopic (exact) mass is 1170 g/mol. The van der Waals surface area contributed by atoms with Crippen molar-refractivity contribution in [3.63, 3.8) is 0 Å². The molecule has 0 aromatic rings. The summed E-state index contributed by atoms with van der Waals surface area (Å²) in [5.41, 5.74) is 0. The van der Waals surface area contributed by atoms with Crippen molar-refractivity contribution >= 4 is 11.9 Å². The van der Waals surface area contributed by atoms with E-state index in [1.165, 1.54) is 173 Å². The molecule has 8 atom stereocenters. The molecule has 8 unspecified atom stereocenters. The van der Waals surface area contributed by atoms with E-state index in [2.05, 4.69) is 86.8 Å². The molecule has 0 aliphatic carbocycles. The van der Waals surface area contributed by atoms with Gasteiger partial charge in [-0.3, -0.25) is 9.59 Å². The predicted molar refractivity (Wildman–Crippen MR) is 347 cm³/mol. The molecule has 83 heavy (non-hydrogen) atoms. The maximum Gasteiger partial charge on any atom is 0.306 e. The number of nitrogens with one attached hydrogen (secondary N) is 1. The average molecular weight is 1170 g/mol. The van der Waals surface area contributed by atoms with Crippen LogP contribution in [0.15, 0.2) is 85.1 Å². The van der Waals surface area contributed by atoms with Gasteiger partial charge in [0.15, 0.2) is 12.4 Å². The molecule has 1 heterocycles. The molecule has 1 fully saturated rings. The molecule has 1 aliphatic rings. The number of aliphatic hydroxyl groups is 5. The zero-order valence-electron chi connectivity index (χ0n) is 53.3. The number of unbranched alkanes of at least 4 members (excludes halogenated alkanes) is 32. The van der Waals surface area contributed by atoms with Crippen molar-refractivity contribution in [2.24, 2.45) is 0 Å². The first-order chi connectivity index (χ1) is 40.7. The van der Waals surface area contributed by atoms with E-state index >= 15 is 0 Å². The maximum atomic E-state index is 13.4. The van der Waals surface area contributed by atoms with Gasteiger partial charge < -0.3 is 45.1 Å². The van der Waals surface area contributed by atoms with E-state index < -0.39 is 67.4 Å². The lowest BCUT2D eigenvalue weighted by molar-refractivity contribution is -0.305. The van der Waals surface area contributed by atoms with Crippen LogP contribution in [0.3, 0.4) is 0 Å². The SMILES string of the molecule is CCCCC/C=C\C/C=C\C/C=C\C/C=C\CCC(O)C(=O)NC(COC1OC(CO)C(O)C(O)C1OC(=O)CCCCCCCCCCCCCCCCCCC/C=C\C/C=C\CCCCC)C(O)/C=C/CCCCCCCCCCC. The second kappa shape index (κ2) is 59.2. The van der Waals surface area contributed by atoms with Gasteiger partial charge in [0.1, 0.15) is 24.4 Å². The minimum absolute atomic E-state index is 0.116. The number of allylic oxidation sites excluding steroid dienone is 13. The highest BCUT2D eigenvalue weighted by molar-refractivity contribution is 5.80. The lowest BCUT2D eigenvalue weighted by atomic mass is 9.99. The summed E-state index contributed by atoms with van der Waals surface area (Å²) in [6.45, 7) is 5.71. The van der Waals surface area contributed by atoms with E-state index in [0.717, 1.165) is 77.0 Å². The van der Waals surface area contributed by atoms with Gasteiger partial charge in [-0.1, -0.05) is 279 Å². The number of esters is 1. The van der Waals surface area contributed by atoms with Gasteiger partial charge in [-0.15, -0.1) is 0 Å². The molecule has 0 spiro atoms. The van der Waals surface area contributed by atoms with Gasteiger partial charge >= 0.3 is 5.97 Å². The highest BCUT2D eigenvalue weighted by atomic mass is 16.7. The molecule has 1 amide bonds. The van der Waals surface area contributed by atoms with Gasteiger partial charge in [0.05, 0.1) is 25.4 Å². The zero-order valence-corrected chi connectivity index (χ0v) is 53.3. The number of carbonyl (C=O) groups excluding carboxylic acids is 2. The van der Waals surface area contributed by atoms with Crippen LogP contribution in [0, 0.1) is 0 Å². The van der Waals surface area contributed by atoms with Gasteiger partial charge in [0.2, 0.25) is 5.91 Å². The molecule has 0 bridgehead atoms. The van der Waals surface area contributed by atoms with Crippen molar-refractivity contribution < 1.29 is 49.3 Å². The van der Waals surface area contributed by atoms with Crippen LogP contribution in [0.2, 0.25) is 0 Å². The van der Waals surface area contributed by atoms with Crippen molar-refractivity contribution in [2.45, 2.75) is 346 Å². The largest absolute Gasteiger partial charge is 0.454 e. The number of carbonyl (C=O) groups is 2. The molecule has 11 nitrogen and oxygen atoms in total. The third-order valence-electron chi connectivity index (χ3n) is 15.8. The number of ether oxygens (including phenoxy) is 3. The van der Waals surface area contributed by atoms with Crippen LogP contribution in [0.5, 0.6) is 0 Å². The fourth-order valence-electron chi connectivity index (χ4n) is 10.3. The fourth-order valence-corrected chi connectivity index (χ4v) is 10.3. The lowest BCUT2D eigenvalue weighted by Gasteiger charge is -2.41. The third kappa shape index (κ3) is 46.7. The Morgan fingerprint density at radius 3 is 1.27 bits per heavy atom. The number of hydrogen-bond acceptors (Lipinski definition) is 10. The molecular weight excluding hydrogens is 1040 g/mol. The van der Waals surface area contributed by atoms with Gasteiger partial charge in [0, 0.05) is 6.42 Å². The number of amides is 1. The smallest absolute Gasteiger partial charge is 0.306 e. The van der Waals surface area contributed by atoms with Crippen molar-refractivity contribution in [2.75, 3.05) is 13.2 Å². The minimum Gasteiger partial charge on any atom is -0.454 e. The summed E-state index contributed by atoms with van der Waals surface area (Å²) in [4.78, 5) is 26.6. The first-order valence-electron chi connectivity index (χ1n) is 34.4. The number of hydrogen-bond donors (Lipinski definition) is 6. The number of aliphatic hydroxyl groups excluding tert-OH is 5.